The van der Waals surface area contributed by atoms with E-state index in [1.807, 2.05) is 35.9 Å². The normalized spacial score (nSPS) is 12.3. The Morgan fingerprint density at radius 2 is 2.40 bits per heavy atom. The van der Waals surface area contributed by atoms with Crippen molar-refractivity contribution in [2.75, 3.05) is 6.61 Å². The number of hydrogen-bond acceptors (Lipinski definition) is 5. The van der Waals surface area contributed by atoms with E-state index in [0.717, 1.165) is 12.2 Å². The molecule has 0 aliphatic carbocycles. The largest absolute Gasteiger partial charge is 0.465 e. The Bertz CT molecular complexity index is 536. The fraction of sp³-hybridized carbons (Fsp3) is 0.429. The zero-order valence-corrected chi connectivity index (χ0v) is 12.5. The molecule has 0 saturated heterocycles. The summed E-state index contributed by atoms with van der Waals surface area (Å²) in [4.78, 5) is 17.4. The van der Waals surface area contributed by atoms with Crippen LogP contribution >= 0.6 is 11.3 Å². The number of ether oxygens (including phenoxy) is 1. The number of carbonyl (C=O) groups excluding carboxylic acids is 1. The van der Waals surface area contributed by atoms with Gasteiger partial charge in [-0.15, -0.1) is 11.3 Å². The van der Waals surface area contributed by atoms with Gasteiger partial charge in [0.05, 0.1) is 24.8 Å². The van der Waals surface area contributed by atoms with Crippen molar-refractivity contribution in [3.05, 3.63) is 40.6 Å². The molecule has 0 bridgehead atoms. The summed E-state index contributed by atoms with van der Waals surface area (Å²) in [5.74, 6) is -0.265. The molecule has 0 aromatic carbocycles. The number of esters is 1. The second-order valence-corrected chi connectivity index (χ2v) is 5.28. The highest BCUT2D eigenvalue weighted by atomic mass is 32.1. The summed E-state index contributed by atoms with van der Waals surface area (Å²) < 4.78 is 7.11. The van der Waals surface area contributed by atoms with E-state index in [9.17, 15) is 4.79 Å². The van der Waals surface area contributed by atoms with Crippen molar-refractivity contribution < 1.29 is 9.53 Å². The van der Waals surface area contributed by atoms with Crippen molar-refractivity contribution in [3.63, 3.8) is 0 Å². The number of rotatable bonds is 7. The van der Waals surface area contributed by atoms with Gasteiger partial charge in [0, 0.05) is 18.0 Å². The number of aryl methyl sites for hydroxylation is 1. The molecule has 5 nitrogen and oxygen atoms in total. The summed E-state index contributed by atoms with van der Waals surface area (Å²) >= 11 is 1.66. The molecular weight excluding hydrogens is 274 g/mol. The predicted molar refractivity (Wildman–Crippen MR) is 78.4 cm³/mol. The second kappa shape index (κ2) is 7.21. The quantitative estimate of drug-likeness (QED) is 0.796. The van der Waals surface area contributed by atoms with Gasteiger partial charge in [-0.25, -0.2) is 9.78 Å². The molecule has 0 spiro atoms. The van der Waals surface area contributed by atoms with Gasteiger partial charge in [0.2, 0.25) is 0 Å². The minimum Gasteiger partial charge on any atom is -0.465 e. The monoisotopic (exact) mass is 293 g/mol. The Kier molecular flexibility index (Phi) is 5.31. The summed E-state index contributed by atoms with van der Waals surface area (Å²) in [6, 6.07) is 3.55. The van der Waals surface area contributed by atoms with Crippen molar-refractivity contribution in [1.29, 1.82) is 0 Å². The van der Waals surface area contributed by atoms with Crippen LogP contribution in [0.15, 0.2) is 30.0 Å². The molecular formula is C14H19N3O2S. The van der Waals surface area contributed by atoms with Gasteiger partial charge in [-0.2, -0.15) is 0 Å². The lowest BCUT2D eigenvalue weighted by Gasteiger charge is -2.18. The van der Waals surface area contributed by atoms with Crippen molar-refractivity contribution in [2.45, 2.75) is 33.0 Å². The molecule has 1 atom stereocenters. The van der Waals surface area contributed by atoms with Crippen LogP contribution in [0.5, 0.6) is 0 Å². The molecule has 0 aliphatic heterocycles. The standard InChI is InChI=1S/C14H19N3O2S/c1-3-17-10-15-9-12(17)13(14(18)19-4-2)16-8-11-6-5-7-20-11/h5-7,9-10,13,16H,3-4,8H2,1-2H3. The first-order valence-corrected chi connectivity index (χ1v) is 7.56. The Hall–Kier alpha value is -1.66. The van der Waals surface area contributed by atoms with Gasteiger partial charge >= 0.3 is 5.97 Å². The molecule has 6 heteroatoms. The van der Waals surface area contributed by atoms with Crippen molar-refractivity contribution in [3.8, 4) is 0 Å². The fourth-order valence-corrected chi connectivity index (χ4v) is 2.64. The SMILES string of the molecule is CCOC(=O)C(NCc1cccs1)c1cncn1CC. The maximum atomic E-state index is 12.1. The molecule has 20 heavy (non-hydrogen) atoms. The lowest BCUT2D eigenvalue weighted by molar-refractivity contribution is -0.146. The highest BCUT2D eigenvalue weighted by Gasteiger charge is 2.24. The lowest BCUT2D eigenvalue weighted by Crippen LogP contribution is -2.31. The average Bonchev–Trinajstić information content (AvgIpc) is 3.10. The molecule has 0 amide bonds. The van der Waals surface area contributed by atoms with E-state index < -0.39 is 6.04 Å². The first-order valence-electron chi connectivity index (χ1n) is 6.68. The number of nitrogens with zero attached hydrogens (tertiary/aromatic N) is 2. The van der Waals surface area contributed by atoms with Crippen LogP contribution in [0, 0.1) is 0 Å². The van der Waals surface area contributed by atoms with Crippen molar-refractivity contribution in [2.24, 2.45) is 0 Å². The molecule has 1 N–H and O–H groups in total. The molecule has 2 aromatic heterocycles. The van der Waals surface area contributed by atoms with E-state index in [1.165, 1.54) is 4.88 Å². The third kappa shape index (κ3) is 3.46. The number of thiophene rings is 1. The number of nitrogens with one attached hydrogen (secondary N) is 1. The van der Waals surface area contributed by atoms with Gasteiger partial charge < -0.3 is 9.30 Å². The summed E-state index contributed by atoms with van der Waals surface area (Å²) in [5, 5.41) is 5.28. The minimum atomic E-state index is -0.487. The third-order valence-corrected chi connectivity index (χ3v) is 3.84. The second-order valence-electron chi connectivity index (χ2n) is 4.25. The van der Waals surface area contributed by atoms with Crippen LogP contribution in [0.25, 0.3) is 0 Å². The van der Waals surface area contributed by atoms with Gasteiger partial charge in [-0.05, 0) is 25.3 Å². The van der Waals surface area contributed by atoms with Crippen LogP contribution in [0.1, 0.15) is 30.5 Å². The molecule has 0 radical (unpaired) electrons. The van der Waals surface area contributed by atoms with Crippen LogP contribution in [-0.2, 0) is 22.6 Å². The van der Waals surface area contributed by atoms with Gasteiger partial charge in [-0.1, -0.05) is 6.07 Å². The first-order chi connectivity index (χ1) is 9.76. The molecule has 1 unspecified atom stereocenters. The number of aromatic nitrogens is 2. The Morgan fingerprint density at radius 3 is 3.05 bits per heavy atom. The number of carbonyl (C=O) groups is 1. The zero-order chi connectivity index (χ0) is 14.4. The molecule has 0 saturated carbocycles. The Morgan fingerprint density at radius 1 is 1.55 bits per heavy atom. The fourth-order valence-electron chi connectivity index (χ4n) is 1.99. The van der Waals surface area contributed by atoms with Crippen molar-refractivity contribution in [1.82, 2.24) is 14.9 Å². The number of hydrogen-bond donors (Lipinski definition) is 1. The maximum Gasteiger partial charge on any atom is 0.329 e. The highest BCUT2D eigenvalue weighted by molar-refractivity contribution is 7.09. The van der Waals surface area contributed by atoms with E-state index >= 15 is 0 Å². The minimum absolute atomic E-state index is 0.265. The molecule has 0 fully saturated rings. The van der Waals surface area contributed by atoms with E-state index in [2.05, 4.69) is 10.3 Å². The highest BCUT2D eigenvalue weighted by Crippen LogP contribution is 2.17. The predicted octanol–water partition coefficient (Wildman–Crippen LogP) is 2.36. The van der Waals surface area contributed by atoms with Gasteiger partial charge in [0.15, 0.2) is 0 Å². The Labute approximate surface area is 122 Å². The first kappa shape index (κ1) is 14.7. The smallest absolute Gasteiger partial charge is 0.329 e. The van der Waals surface area contributed by atoms with Crippen LogP contribution in [0.2, 0.25) is 0 Å². The van der Waals surface area contributed by atoms with E-state index in [0.29, 0.717) is 13.2 Å². The van der Waals surface area contributed by atoms with Gasteiger partial charge in [0.1, 0.15) is 6.04 Å². The van der Waals surface area contributed by atoms with E-state index in [1.54, 1.807) is 23.9 Å². The maximum absolute atomic E-state index is 12.1. The Balaban J connectivity index is 2.14. The van der Waals surface area contributed by atoms with Crippen molar-refractivity contribution >= 4 is 17.3 Å². The zero-order valence-electron chi connectivity index (χ0n) is 11.7. The van der Waals surface area contributed by atoms with Gasteiger partial charge in [0.25, 0.3) is 0 Å². The third-order valence-electron chi connectivity index (χ3n) is 2.96. The molecule has 2 heterocycles. The van der Waals surface area contributed by atoms with E-state index in [4.69, 9.17) is 4.74 Å². The summed E-state index contributed by atoms with van der Waals surface area (Å²) in [5.41, 5.74) is 0.836. The summed E-state index contributed by atoms with van der Waals surface area (Å²) in [6.45, 7) is 5.61. The molecule has 2 aromatic rings. The number of imidazole rings is 1. The summed E-state index contributed by atoms with van der Waals surface area (Å²) in [6.07, 6.45) is 3.45. The van der Waals surface area contributed by atoms with Crippen LogP contribution in [0.3, 0.4) is 0 Å². The van der Waals surface area contributed by atoms with Crippen LogP contribution < -0.4 is 5.32 Å². The molecule has 0 aliphatic rings. The average molecular weight is 293 g/mol. The van der Waals surface area contributed by atoms with Crippen LogP contribution in [0.4, 0.5) is 0 Å². The summed E-state index contributed by atoms with van der Waals surface area (Å²) in [7, 11) is 0. The lowest BCUT2D eigenvalue weighted by atomic mass is 10.2. The van der Waals surface area contributed by atoms with Crippen LogP contribution in [-0.4, -0.2) is 22.1 Å². The molecule has 2 rings (SSSR count). The topological polar surface area (TPSA) is 56.1 Å². The van der Waals surface area contributed by atoms with Gasteiger partial charge in [-0.3, -0.25) is 5.32 Å². The van der Waals surface area contributed by atoms with E-state index in [-0.39, 0.29) is 5.97 Å². The molecule has 108 valence electrons.